The van der Waals surface area contributed by atoms with Crippen molar-refractivity contribution in [2.24, 2.45) is 0 Å². The van der Waals surface area contributed by atoms with Crippen LogP contribution in [0, 0.1) is 19.3 Å². The molecule has 3 rings (SSSR count). The highest BCUT2D eigenvalue weighted by molar-refractivity contribution is 6.35. The number of imidazole rings is 1. The molecule has 0 saturated heterocycles. The van der Waals surface area contributed by atoms with Crippen LogP contribution in [0.1, 0.15) is 21.7 Å². The zero-order valence-electron chi connectivity index (χ0n) is 13.8. The molecule has 0 N–H and O–H groups in total. The summed E-state index contributed by atoms with van der Waals surface area (Å²) in [7, 11) is 0. The first-order valence-electron chi connectivity index (χ1n) is 7.67. The Bertz CT molecular complexity index is 1000. The third kappa shape index (κ3) is 3.48. The van der Waals surface area contributed by atoms with Crippen molar-refractivity contribution in [3.05, 3.63) is 63.5 Å². The zero-order chi connectivity index (χ0) is 18.7. The molecule has 0 saturated carbocycles. The van der Waals surface area contributed by atoms with Crippen LogP contribution in [0.3, 0.4) is 0 Å². The van der Waals surface area contributed by atoms with Crippen molar-refractivity contribution in [1.29, 1.82) is 0 Å². The number of rotatable bonds is 5. The number of terminal acetylenes is 1. The molecular weight excluding hydrogens is 375 g/mol. The molecule has 0 fully saturated rings. The van der Waals surface area contributed by atoms with E-state index in [1.807, 2.05) is 0 Å². The first-order chi connectivity index (χ1) is 12.5. The highest BCUT2D eigenvalue weighted by atomic mass is 35.5. The van der Waals surface area contributed by atoms with E-state index in [0.717, 1.165) is 0 Å². The maximum Gasteiger partial charge on any atom is 0.358 e. The Kier molecular flexibility index (Phi) is 5.36. The standard InChI is InChI=1S/C19H14Cl2N2O3/c1-3-10-25-19(24)17-12(2)22-18-16(8-5-9-23(17)18)26-11-13-14(20)6-4-7-15(13)21/h1,4-9H,10-11H2,2H3. The molecule has 0 spiro atoms. The topological polar surface area (TPSA) is 52.8 Å². The van der Waals surface area contributed by atoms with Crippen LogP contribution in [-0.4, -0.2) is 22.0 Å². The van der Waals surface area contributed by atoms with E-state index in [0.29, 0.717) is 38.4 Å². The molecule has 2 aromatic heterocycles. The van der Waals surface area contributed by atoms with Gasteiger partial charge in [-0.15, -0.1) is 6.42 Å². The highest BCUT2D eigenvalue weighted by Crippen LogP contribution is 2.28. The first kappa shape index (κ1) is 18.1. The molecule has 0 unspecified atom stereocenters. The van der Waals surface area contributed by atoms with Gasteiger partial charge in [0.25, 0.3) is 0 Å². The number of benzene rings is 1. The summed E-state index contributed by atoms with van der Waals surface area (Å²) in [5, 5.41) is 1.03. The van der Waals surface area contributed by atoms with Crippen LogP contribution in [0.4, 0.5) is 0 Å². The van der Waals surface area contributed by atoms with Crippen molar-refractivity contribution in [2.75, 3.05) is 6.61 Å². The van der Waals surface area contributed by atoms with Crippen molar-refractivity contribution in [3.63, 3.8) is 0 Å². The monoisotopic (exact) mass is 388 g/mol. The molecule has 132 valence electrons. The minimum absolute atomic E-state index is 0.104. The maximum atomic E-state index is 12.2. The molecule has 0 amide bonds. The van der Waals surface area contributed by atoms with Crippen molar-refractivity contribution in [3.8, 4) is 18.1 Å². The van der Waals surface area contributed by atoms with Gasteiger partial charge in [0.15, 0.2) is 23.7 Å². The molecule has 0 bridgehead atoms. The lowest BCUT2D eigenvalue weighted by atomic mass is 10.2. The Hall–Kier alpha value is -2.68. The fourth-order valence-electron chi connectivity index (χ4n) is 2.51. The van der Waals surface area contributed by atoms with E-state index in [4.69, 9.17) is 39.1 Å². The number of halogens is 2. The van der Waals surface area contributed by atoms with Gasteiger partial charge in [0.05, 0.1) is 5.69 Å². The Morgan fingerprint density at radius 2 is 2.00 bits per heavy atom. The Balaban J connectivity index is 1.93. The second-order valence-electron chi connectivity index (χ2n) is 5.38. The number of hydrogen-bond acceptors (Lipinski definition) is 4. The average Bonchev–Trinajstić information content (AvgIpc) is 2.96. The van der Waals surface area contributed by atoms with Crippen LogP contribution in [0.25, 0.3) is 5.65 Å². The van der Waals surface area contributed by atoms with Crippen molar-refractivity contribution in [2.45, 2.75) is 13.5 Å². The quantitative estimate of drug-likeness (QED) is 0.482. The van der Waals surface area contributed by atoms with Gasteiger partial charge >= 0.3 is 5.97 Å². The summed E-state index contributed by atoms with van der Waals surface area (Å²) in [6, 6.07) is 8.75. The molecule has 26 heavy (non-hydrogen) atoms. The lowest BCUT2D eigenvalue weighted by molar-refractivity contribution is 0.0548. The largest absolute Gasteiger partial charge is 0.485 e. The van der Waals surface area contributed by atoms with Gasteiger partial charge in [-0.3, -0.25) is 4.40 Å². The van der Waals surface area contributed by atoms with Gasteiger partial charge in [0.2, 0.25) is 0 Å². The summed E-state index contributed by atoms with van der Waals surface area (Å²) in [6.45, 7) is 1.78. The highest BCUT2D eigenvalue weighted by Gasteiger charge is 2.20. The zero-order valence-corrected chi connectivity index (χ0v) is 15.3. The fourth-order valence-corrected chi connectivity index (χ4v) is 3.02. The first-order valence-corrected chi connectivity index (χ1v) is 8.42. The van der Waals surface area contributed by atoms with Gasteiger partial charge in [0.1, 0.15) is 6.61 Å². The molecule has 0 atom stereocenters. The summed E-state index contributed by atoms with van der Waals surface area (Å²) >= 11 is 12.3. The van der Waals surface area contributed by atoms with E-state index < -0.39 is 5.97 Å². The number of esters is 1. The van der Waals surface area contributed by atoms with Crippen LogP contribution < -0.4 is 4.74 Å². The molecule has 0 aliphatic heterocycles. The summed E-state index contributed by atoms with van der Waals surface area (Å²) in [4.78, 5) is 16.6. The van der Waals surface area contributed by atoms with E-state index in [2.05, 4.69) is 10.9 Å². The third-order valence-electron chi connectivity index (χ3n) is 3.70. The summed E-state index contributed by atoms with van der Waals surface area (Å²) in [5.74, 6) is 2.21. The molecule has 0 aliphatic carbocycles. The second-order valence-corrected chi connectivity index (χ2v) is 6.20. The number of aryl methyl sites for hydroxylation is 1. The summed E-state index contributed by atoms with van der Waals surface area (Å²) < 4.78 is 12.5. The maximum absolute atomic E-state index is 12.2. The van der Waals surface area contributed by atoms with Gasteiger partial charge in [-0.05, 0) is 31.2 Å². The van der Waals surface area contributed by atoms with E-state index in [1.54, 1.807) is 47.9 Å². The van der Waals surface area contributed by atoms with E-state index in [-0.39, 0.29) is 13.2 Å². The van der Waals surface area contributed by atoms with Crippen LogP contribution in [-0.2, 0) is 11.3 Å². The smallest absolute Gasteiger partial charge is 0.358 e. The van der Waals surface area contributed by atoms with Crippen LogP contribution in [0.15, 0.2) is 36.5 Å². The van der Waals surface area contributed by atoms with E-state index in [1.165, 1.54) is 0 Å². The number of hydrogen-bond donors (Lipinski definition) is 0. The SMILES string of the molecule is C#CCOC(=O)c1c(C)nc2c(OCc3c(Cl)cccc3Cl)cccn12. The molecule has 0 aliphatic rings. The molecule has 3 aromatic rings. The van der Waals surface area contributed by atoms with Gasteiger partial charge in [-0.25, -0.2) is 9.78 Å². The Labute approximate surface area is 160 Å². The molecule has 2 heterocycles. The minimum atomic E-state index is -0.542. The summed E-state index contributed by atoms with van der Waals surface area (Å²) in [5.41, 5.74) is 1.98. The minimum Gasteiger partial charge on any atom is -0.485 e. The van der Waals surface area contributed by atoms with Crippen LogP contribution in [0.2, 0.25) is 10.0 Å². The number of ether oxygens (including phenoxy) is 2. The lowest BCUT2D eigenvalue weighted by Gasteiger charge is -2.10. The van der Waals surface area contributed by atoms with Crippen molar-refractivity contribution >= 4 is 34.8 Å². The number of nitrogens with zero attached hydrogens (tertiary/aromatic N) is 2. The molecule has 5 nitrogen and oxygen atoms in total. The second kappa shape index (κ2) is 7.69. The van der Waals surface area contributed by atoms with E-state index in [9.17, 15) is 4.79 Å². The molecule has 7 heteroatoms. The molecule has 0 radical (unpaired) electrons. The Morgan fingerprint density at radius 1 is 1.27 bits per heavy atom. The predicted molar refractivity (Wildman–Crippen MR) is 99.8 cm³/mol. The Morgan fingerprint density at radius 3 is 2.69 bits per heavy atom. The predicted octanol–water partition coefficient (Wildman–Crippen LogP) is 4.32. The average molecular weight is 389 g/mol. The van der Waals surface area contributed by atoms with Gasteiger partial charge in [-0.2, -0.15) is 0 Å². The number of fused-ring (bicyclic) bond motifs is 1. The van der Waals surface area contributed by atoms with Gasteiger partial charge in [-0.1, -0.05) is 35.2 Å². The molecule has 1 aromatic carbocycles. The van der Waals surface area contributed by atoms with Gasteiger partial charge < -0.3 is 9.47 Å². The van der Waals surface area contributed by atoms with Crippen molar-refractivity contribution in [1.82, 2.24) is 9.38 Å². The summed E-state index contributed by atoms with van der Waals surface area (Å²) in [6.07, 6.45) is 6.84. The van der Waals surface area contributed by atoms with Crippen LogP contribution >= 0.6 is 23.2 Å². The number of carbonyl (C=O) groups excluding carboxylic acids is 1. The van der Waals surface area contributed by atoms with Crippen LogP contribution in [0.5, 0.6) is 5.75 Å². The van der Waals surface area contributed by atoms with Gasteiger partial charge in [0, 0.05) is 21.8 Å². The fraction of sp³-hybridized carbons (Fsp3) is 0.158. The number of pyridine rings is 1. The third-order valence-corrected chi connectivity index (χ3v) is 4.41. The normalized spacial score (nSPS) is 10.5. The number of carbonyl (C=O) groups is 1. The van der Waals surface area contributed by atoms with E-state index >= 15 is 0 Å². The number of aromatic nitrogens is 2. The van der Waals surface area contributed by atoms with Crippen molar-refractivity contribution < 1.29 is 14.3 Å². The molecular formula is C19H14Cl2N2O3. The lowest BCUT2D eigenvalue weighted by Crippen LogP contribution is -2.10.